The molecule has 1 rings (SSSR count). The molecule has 2 nitrogen and oxygen atoms in total. The van der Waals surface area contributed by atoms with E-state index in [1.807, 2.05) is 13.0 Å². The molecule has 2 heteroatoms. The molecule has 2 unspecified atom stereocenters. The van der Waals surface area contributed by atoms with Gasteiger partial charge in [-0.3, -0.25) is 0 Å². The summed E-state index contributed by atoms with van der Waals surface area (Å²) in [6, 6.07) is 0. The van der Waals surface area contributed by atoms with E-state index in [0.717, 1.165) is 0 Å². The van der Waals surface area contributed by atoms with Crippen molar-refractivity contribution in [3.05, 3.63) is 28.8 Å². The molecule has 0 heterocycles. The van der Waals surface area contributed by atoms with Gasteiger partial charge in [-0.05, 0) is 17.2 Å². The fourth-order valence-corrected chi connectivity index (χ4v) is 1.03. The topological polar surface area (TPSA) is 29.4 Å². The highest BCUT2D eigenvalue weighted by Gasteiger charge is 2.16. The van der Waals surface area contributed by atoms with Crippen LogP contribution in [0.25, 0.3) is 0 Å². The molecule has 0 fully saturated rings. The molecule has 0 radical (unpaired) electrons. The van der Waals surface area contributed by atoms with Crippen LogP contribution in [0.5, 0.6) is 0 Å². The first kappa shape index (κ1) is 7.19. The van der Waals surface area contributed by atoms with Crippen LogP contribution in [0.15, 0.2) is 29.1 Å². The molecule has 54 valence electrons. The van der Waals surface area contributed by atoms with Crippen LogP contribution in [0.1, 0.15) is 13.8 Å². The average Bonchev–Trinajstić information content (AvgIpc) is 1.95. The van der Waals surface area contributed by atoms with Crippen molar-refractivity contribution in [1.29, 1.82) is 0 Å². The summed E-state index contributed by atoms with van der Waals surface area (Å²) in [5.74, 6) is 0.722. The van der Waals surface area contributed by atoms with Gasteiger partial charge in [-0.1, -0.05) is 26.0 Å². The average molecular weight is 137 g/mol. The van der Waals surface area contributed by atoms with E-state index >= 15 is 0 Å². The summed E-state index contributed by atoms with van der Waals surface area (Å²) in [6.45, 7) is 4.10. The smallest absolute Gasteiger partial charge is 0.0882 e. The number of hydrogen-bond donors (Lipinski definition) is 0. The SMILES string of the molecule is CC1C=CC=C(N=O)C1C. The highest BCUT2D eigenvalue weighted by Crippen LogP contribution is 2.25. The lowest BCUT2D eigenvalue weighted by Gasteiger charge is -2.17. The monoisotopic (exact) mass is 137 g/mol. The van der Waals surface area contributed by atoms with E-state index < -0.39 is 0 Å². The van der Waals surface area contributed by atoms with Gasteiger partial charge < -0.3 is 0 Å². The van der Waals surface area contributed by atoms with Gasteiger partial charge in [0.25, 0.3) is 0 Å². The van der Waals surface area contributed by atoms with Gasteiger partial charge in [0.1, 0.15) is 0 Å². The van der Waals surface area contributed by atoms with Crippen LogP contribution in [0, 0.1) is 16.7 Å². The third-order valence-corrected chi connectivity index (χ3v) is 2.04. The van der Waals surface area contributed by atoms with Crippen molar-refractivity contribution in [2.24, 2.45) is 17.0 Å². The normalized spacial score (nSPS) is 31.6. The third kappa shape index (κ3) is 1.15. The van der Waals surface area contributed by atoms with Crippen LogP contribution >= 0.6 is 0 Å². The molecule has 2 atom stereocenters. The maximum absolute atomic E-state index is 10.2. The molecule has 0 bridgehead atoms. The van der Waals surface area contributed by atoms with Crippen LogP contribution in [0.3, 0.4) is 0 Å². The number of nitroso groups, excluding NO2 is 1. The fraction of sp³-hybridized carbons (Fsp3) is 0.500. The van der Waals surface area contributed by atoms with E-state index in [1.165, 1.54) is 0 Å². The predicted octanol–water partition coefficient (Wildman–Crippen LogP) is 2.48. The summed E-state index contributed by atoms with van der Waals surface area (Å²) in [6.07, 6.45) is 5.75. The van der Waals surface area contributed by atoms with Crippen LogP contribution < -0.4 is 0 Å². The Labute approximate surface area is 60.6 Å². The molecule has 1 aliphatic rings. The van der Waals surface area contributed by atoms with E-state index in [2.05, 4.69) is 18.2 Å². The van der Waals surface area contributed by atoms with Crippen LogP contribution in [0.2, 0.25) is 0 Å². The van der Waals surface area contributed by atoms with Gasteiger partial charge in [0.2, 0.25) is 0 Å². The first-order valence-electron chi connectivity index (χ1n) is 3.47. The molecule has 1 aliphatic carbocycles. The van der Waals surface area contributed by atoms with Crippen molar-refractivity contribution in [1.82, 2.24) is 0 Å². The minimum atomic E-state index is 0.280. The van der Waals surface area contributed by atoms with Crippen LogP contribution in [0.4, 0.5) is 0 Å². The lowest BCUT2D eigenvalue weighted by molar-refractivity contribution is 0.518. The molecule has 0 saturated carbocycles. The Hall–Kier alpha value is -0.920. The van der Waals surface area contributed by atoms with Crippen LogP contribution in [-0.2, 0) is 0 Å². The summed E-state index contributed by atoms with van der Waals surface area (Å²) >= 11 is 0. The molecule has 10 heavy (non-hydrogen) atoms. The van der Waals surface area contributed by atoms with Gasteiger partial charge in [0, 0.05) is 5.92 Å². The Morgan fingerprint density at radius 2 is 2.20 bits per heavy atom. The number of hydrogen-bond acceptors (Lipinski definition) is 2. The van der Waals surface area contributed by atoms with Gasteiger partial charge in [0.15, 0.2) is 0 Å². The van der Waals surface area contributed by atoms with Crippen molar-refractivity contribution in [3.8, 4) is 0 Å². The second kappa shape index (κ2) is 2.78. The summed E-state index contributed by atoms with van der Waals surface area (Å²) < 4.78 is 0. The summed E-state index contributed by atoms with van der Waals surface area (Å²) in [5, 5.41) is 2.94. The second-order valence-corrected chi connectivity index (χ2v) is 2.72. The van der Waals surface area contributed by atoms with Gasteiger partial charge in [-0.25, -0.2) is 0 Å². The van der Waals surface area contributed by atoms with E-state index in [-0.39, 0.29) is 5.92 Å². The van der Waals surface area contributed by atoms with E-state index in [9.17, 15) is 4.91 Å². The Morgan fingerprint density at radius 1 is 1.50 bits per heavy atom. The first-order valence-corrected chi connectivity index (χ1v) is 3.47. The Balaban J connectivity index is 2.81. The summed E-state index contributed by atoms with van der Waals surface area (Å²) in [4.78, 5) is 10.2. The maximum atomic E-state index is 10.2. The number of nitrogens with zero attached hydrogens (tertiary/aromatic N) is 1. The standard InChI is InChI=1S/C8H11NO/c1-6-4-3-5-8(9-10)7(6)2/h3-7H,1-2H3. The molecule has 0 saturated heterocycles. The van der Waals surface area contributed by atoms with Gasteiger partial charge in [0.05, 0.1) is 5.70 Å². The Morgan fingerprint density at radius 3 is 2.70 bits per heavy atom. The van der Waals surface area contributed by atoms with Crippen LogP contribution in [-0.4, -0.2) is 0 Å². The molecule has 0 spiro atoms. The highest BCUT2D eigenvalue weighted by atomic mass is 16.3. The Bertz CT molecular complexity index is 193. The van der Waals surface area contributed by atoms with E-state index in [4.69, 9.17) is 0 Å². The molecule has 0 aromatic heterocycles. The lowest BCUT2D eigenvalue weighted by Crippen LogP contribution is -2.09. The van der Waals surface area contributed by atoms with Crippen molar-refractivity contribution in [2.45, 2.75) is 13.8 Å². The highest BCUT2D eigenvalue weighted by molar-refractivity contribution is 5.20. The first-order chi connectivity index (χ1) is 4.75. The van der Waals surface area contributed by atoms with Crippen molar-refractivity contribution in [2.75, 3.05) is 0 Å². The molecule has 0 aliphatic heterocycles. The molecule has 0 aromatic rings. The van der Waals surface area contributed by atoms with Gasteiger partial charge in [-0.2, -0.15) is 0 Å². The minimum absolute atomic E-state index is 0.280. The zero-order valence-electron chi connectivity index (χ0n) is 6.24. The molecular weight excluding hydrogens is 126 g/mol. The predicted molar refractivity (Wildman–Crippen MR) is 41.3 cm³/mol. The molecule has 0 aromatic carbocycles. The van der Waals surface area contributed by atoms with Crippen molar-refractivity contribution < 1.29 is 0 Å². The minimum Gasteiger partial charge on any atom is -0.145 e. The number of allylic oxidation sites excluding steroid dienone is 4. The maximum Gasteiger partial charge on any atom is 0.0882 e. The Kier molecular flexibility index (Phi) is 2.00. The van der Waals surface area contributed by atoms with Crippen molar-refractivity contribution in [3.63, 3.8) is 0 Å². The fourth-order valence-electron chi connectivity index (χ4n) is 1.03. The largest absolute Gasteiger partial charge is 0.145 e. The number of rotatable bonds is 1. The third-order valence-electron chi connectivity index (χ3n) is 2.04. The quantitative estimate of drug-likeness (QED) is 0.510. The zero-order chi connectivity index (χ0) is 7.56. The van der Waals surface area contributed by atoms with Gasteiger partial charge >= 0.3 is 0 Å². The summed E-state index contributed by atoms with van der Waals surface area (Å²) in [5.41, 5.74) is 0.662. The van der Waals surface area contributed by atoms with Gasteiger partial charge in [-0.15, -0.1) is 4.91 Å². The lowest BCUT2D eigenvalue weighted by atomic mass is 9.89. The molecular formula is C8H11NO. The summed E-state index contributed by atoms with van der Waals surface area (Å²) in [7, 11) is 0. The van der Waals surface area contributed by atoms with Crippen molar-refractivity contribution >= 4 is 0 Å². The molecule has 0 N–H and O–H groups in total. The zero-order valence-corrected chi connectivity index (χ0v) is 6.24. The molecule has 0 amide bonds. The van der Waals surface area contributed by atoms with E-state index in [0.29, 0.717) is 11.6 Å². The van der Waals surface area contributed by atoms with E-state index in [1.54, 1.807) is 6.08 Å². The second-order valence-electron chi connectivity index (χ2n) is 2.72.